The highest BCUT2D eigenvalue weighted by Gasteiger charge is 2.46. The zero-order chi connectivity index (χ0) is 37.7. The summed E-state index contributed by atoms with van der Waals surface area (Å²) in [6.07, 6.45) is -3.30. The zero-order valence-corrected chi connectivity index (χ0v) is 28.7. The number of nitrogens with zero attached hydrogens (tertiary/aromatic N) is 2. The Morgan fingerprint density at radius 1 is 1.10 bits per heavy atom. The third-order valence-electron chi connectivity index (χ3n) is 8.09. The van der Waals surface area contributed by atoms with Gasteiger partial charge in [0.05, 0.1) is 29.2 Å². The molecule has 0 aliphatic carbocycles. The van der Waals surface area contributed by atoms with Crippen molar-refractivity contribution < 1.29 is 50.2 Å². The Bertz CT molecular complexity index is 2050. The maximum absolute atomic E-state index is 15.4. The molecule has 0 radical (unpaired) electrons. The first-order chi connectivity index (χ1) is 24.0. The van der Waals surface area contributed by atoms with Crippen LogP contribution in [-0.4, -0.2) is 66.3 Å². The van der Waals surface area contributed by atoms with Crippen LogP contribution in [0, 0.1) is 11.7 Å². The SMILES string of the molecule is CCOC(=O)[C@H]1CCN(C(=O)[C@@H](Nc2ccc3c(N)nccc3c2)c2cc(Cl)ccc2F)[C@H]1c1ccccc1S(=O)(=O)CC.O=C(O)C(F)(F)F. The van der Waals surface area contributed by atoms with Crippen molar-refractivity contribution in [3.63, 3.8) is 0 Å². The van der Waals surface area contributed by atoms with E-state index in [1.165, 1.54) is 36.1 Å². The van der Waals surface area contributed by atoms with E-state index in [1.807, 2.05) is 0 Å². The molecule has 51 heavy (non-hydrogen) atoms. The van der Waals surface area contributed by atoms with Crippen LogP contribution in [0.15, 0.2) is 77.8 Å². The van der Waals surface area contributed by atoms with E-state index in [0.29, 0.717) is 22.5 Å². The highest BCUT2D eigenvalue weighted by Crippen LogP contribution is 2.43. The molecule has 1 fully saturated rings. The average Bonchev–Trinajstić information content (AvgIpc) is 3.53. The smallest absolute Gasteiger partial charge is 0.475 e. The molecule has 5 rings (SSSR count). The van der Waals surface area contributed by atoms with Crippen LogP contribution in [0.3, 0.4) is 0 Å². The number of amides is 1. The number of anilines is 2. The number of hydrogen-bond donors (Lipinski definition) is 3. The molecule has 1 amide bonds. The Labute approximate surface area is 295 Å². The average molecular weight is 753 g/mol. The molecule has 1 aliphatic rings. The summed E-state index contributed by atoms with van der Waals surface area (Å²) in [4.78, 5) is 42.2. The number of nitrogen functional groups attached to an aromatic ring is 1. The molecule has 3 aromatic carbocycles. The maximum Gasteiger partial charge on any atom is 0.490 e. The summed E-state index contributed by atoms with van der Waals surface area (Å²) in [6, 6.07) is 15.0. The monoisotopic (exact) mass is 752 g/mol. The normalized spacial score (nSPS) is 16.6. The van der Waals surface area contributed by atoms with Crippen LogP contribution in [0.4, 0.5) is 29.1 Å². The lowest BCUT2D eigenvalue weighted by Gasteiger charge is -2.33. The summed E-state index contributed by atoms with van der Waals surface area (Å²) in [6.45, 7) is 3.43. The van der Waals surface area contributed by atoms with Crippen molar-refractivity contribution in [2.24, 2.45) is 5.92 Å². The summed E-state index contributed by atoms with van der Waals surface area (Å²) in [5.41, 5.74) is 6.80. The van der Waals surface area contributed by atoms with Crippen molar-refractivity contribution >= 4 is 61.6 Å². The third-order valence-corrected chi connectivity index (χ3v) is 10.1. The van der Waals surface area contributed by atoms with E-state index >= 15 is 4.39 Å². The van der Waals surface area contributed by atoms with E-state index < -0.39 is 57.7 Å². The van der Waals surface area contributed by atoms with E-state index in [9.17, 15) is 31.2 Å². The number of esters is 1. The number of nitrogens with one attached hydrogen (secondary N) is 1. The van der Waals surface area contributed by atoms with Crippen molar-refractivity contribution in [3.05, 3.63) is 94.9 Å². The van der Waals surface area contributed by atoms with Crippen LogP contribution < -0.4 is 11.1 Å². The summed E-state index contributed by atoms with van der Waals surface area (Å²) in [5, 5.41) is 12.0. The number of fused-ring (bicyclic) bond motifs is 1. The second-order valence-corrected chi connectivity index (χ2v) is 13.9. The Morgan fingerprint density at radius 3 is 2.43 bits per heavy atom. The minimum atomic E-state index is -5.08. The molecule has 0 saturated carbocycles. The van der Waals surface area contributed by atoms with Gasteiger partial charge in [0.2, 0.25) is 5.91 Å². The van der Waals surface area contributed by atoms with Crippen LogP contribution in [0.5, 0.6) is 0 Å². The Balaban J connectivity index is 0.000000755. The number of pyridine rings is 1. The predicted octanol–water partition coefficient (Wildman–Crippen LogP) is 6.34. The Morgan fingerprint density at radius 2 is 1.78 bits per heavy atom. The molecule has 0 unspecified atom stereocenters. The number of alkyl halides is 3. The fraction of sp³-hybridized carbons (Fsp3) is 0.294. The molecular formula is C34H33ClF4N4O7S. The van der Waals surface area contributed by atoms with Gasteiger partial charge < -0.3 is 25.8 Å². The van der Waals surface area contributed by atoms with Crippen molar-refractivity contribution in [3.8, 4) is 0 Å². The van der Waals surface area contributed by atoms with Crippen molar-refractivity contribution in [1.82, 2.24) is 9.88 Å². The van der Waals surface area contributed by atoms with Crippen molar-refractivity contribution in [2.45, 2.75) is 43.4 Å². The number of carboxylic acids is 1. The van der Waals surface area contributed by atoms with Gasteiger partial charge >= 0.3 is 18.1 Å². The number of nitrogens with two attached hydrogens (primary N) is 1. The third kappa shape index (κ3) is 8.86. The first-order valence-electron chi connectivity index (χ1n) is 15.4. The van der Waals surface area contributed by atoms with Gasteiger partial charge in [-0.15, -0.1) is 0 Å². The molecule has 11 nitrogen and oxygen atoms in total. The molecule has 1 aliphatic heterocycles. The molecule has 1 saturated heterocycles. The zero-order valence-electron chi connectivity index (χ0n) is 27.2. The van der Waals surface area contributed by atoms with Gasteiger partial charge in [0, 0.05) is 34.4 Å². The highest BCUT2D eigenvalue weighted by molar-refractivity contribution is 7.91. The number of carboxylic acid groups (broad SMARTS) is 1. The number of benzene rings is 3. The lowest BCUT2D eigenvalue weighted by atomic mass is 9.93. The van der Waals surface area contributed by atoms with Gasteiger partial charge in [-0.25, -0.2) is 22.6 Å². The number of sulfone groups is 1. The van der Waals surface area contributed by atoms with Crippen LogP contribution in [0.25, 0.3) is 10.8 Å². The number of carbonyl (C=O) groups excluding carboxylic acids is 2. The largest absolute Gasteiger partial charge is 0.490 e. The maximum atomic E-state index is 15.4. The van der Waals surface area contributed by atoms with Crippen molar-refractivity contribution in [2.75, 3.05) is 30.0 Å². The summed E-state index contributed by atoms with van der Waals surface area (Å²) < 4.78 is 78.8. The van der Waals surface area contributed by atoms with Gasteiger partial charge in [0.1, 0.15) is 17.7 Å². The van der Waals surface area contributed by atoms with E-state index in [1.54, 1.807) is 55.6 Å². The van der Waals surface area contributed by atoms with E-state index in [0.717, 1.165) is 5.39 Å². The van der Waals surface area contributed by atoms with E-state index in [2.05, 4.69) is 10.3 Å². The van der Waals surface area contributed by atoms with Crippen molar-refractivity contribution in [1.29, 1.82) is 0 Å². The number of carbonyl (C=O) groups is 3. The lowest BCUT2D eigenvalue weighted by molar-refractivity contribution is -0.192. The summed E-state index contributed by atoms with van der Waals surface area (Å²) >= 11 is 6.27. The second kappa shape index (κ2) is 15.9. The van der Waals surface area contributed by atoms with Crippen LogP contribution in [-0.2, 0) is 29.0 Å². The topological polar surface area (TPSA) is 169 Å². The number of hydrogen-bond acceptors (Lipinski definition) is 9. The summed E-state index contributed by atoms with van der Waals surface area (Å²) in [5.74, 6) is -5.21. The fourth-order valence-electron chi connectivity index (χ4n) is 5.72. The number of halogens is 5. The number of aliphatic carboxylic acids is 1. The molecule has 3 atom stereocenters. The minimum Gasteiger partial charge on any atom is -0.475 e. The van der Waals surface area contributed by atoms with Gasteiger partial charge in [-0.05, 0) is 72.8 Å². The standard InChI is InChI=1S/C32H32ClFN4O5S.C2HF3O2/c1-3-43-32(40)24-14-16-38(29(24)23-7-5-6-8-27(23)44(41,42)4-2)31(39)28(25-18-20(33)9-12-26(25)34)37-21-10-11-22-19(17-21)13-15-36-30(22)35;3-2(4,5)1(6)7/h5-13,15,17-18,24,28-29,37H,3-4,14,16H2,1-2H3,(H2,35,36);(H,6,7)/t24-,28-,29-;/m0./s1. The van der Waals surface area contributed by atoms with Gasteiger partial charge in [0.15, 0.2) is 9.84 Å². The van der Waals surface area contributed by atoms with Crippen LogP contribution >= 0.6 is 11.6 Å². The molecule has 17 heteroatoms. The fourth-order valence-corrected chi connectivity index (χ4v) is 7.04. The van der Waals surface area contributed by atoms with Gasteiger partial charge in [-0.3, -0.25) is 9.59 Å². The molecule has 272 valence electrons. The lowest BCUT2D eigenvalue weighted by Crippen LogP contribution is -2.40. The first-order valence-corrected chi connectivity index (χ1v) is 17.5. The van der Waals surface area contributed by atoms with E-state index in [4.69, 9.17) is 32.0 Å². The molecule has 0 spiro atoms. The number of likely N-dealkylation sites (tertiary alicyclic amines) is 1. The quantitative estimate of drug-likeness (QED) is 0.130. The van der Waals surface area contributed by atoms with Gasteiger partial charge in [-0.1, -0.05) is 36.7 Å². The highest BCUT2D eigenvalue weighted by atomic mass is 35.5. The van der Waals surface area contributed by atoms with Crippen LogP contribution in [0.1, 0.15) is 43.5 Å². The number of aromatic nitrogens is 1. The summed E-state index contributed by atoms with van der Waals surface area (Å²) in [7, 11) is -3.73. The molecule has 1 aromatic heterocycles. The van der Waals surface area contributed by atoms with Gasteiger partial charge in [-0.2, -0.15) is 13.2 Å². The van der Waals surface area contributed by atoms with Gasteiger partial charge in [0.25, 0.3) is 0 Å². The molecule has 0 bridgehead atoms. The molecule has 2 heterocycles. The van der Waals surface area contributed by atoms with E-state index in [-0.39, 0.29) is 40.8 Å². The Hall–Kier alpha value is -4.96. The predicted molar refractivity (Wildman–Crippen MR) is 181 cm³/mol. The second-order valence-electron chi connectivity index (χ2n) is 11.2. The Kier molecular flexibility index (Phi) is 12.1. The molecular weight excluding hydrogens is 720 g/mol. The number of ether oxygens (including phenoxy) is 1. The molecule has 4 N–H and O–H groups in total. The first kappa shape index (κ1) is 38.8. The minimum absolute atomic E-state index is 0.00959. The number of rotatable bonds is 9. The van der Waals surface area contributed by atoms with Crippen LogP contribution in [0.2, 0.25) is 5.02 Å². The molecule has 4 aromatic rings.